The predicted octanol–water partition coefficient (Wildman–Crippen LogP) is 2.98. The molecule has 0 fully saturated rings. The van der Waals surface area contributed by atoms with Crippen LogP contribution in [-0.4, -0.2) is 12.1 Å². The minimum absolute atomic E-state index is 0.0828. The average molecular weight is 204 g/mol. The SMILES string of the molecule is C=CCc1cccc(C(=O)OC(C)C)c1. The van der Waals surface area contributed by atoms with Gasteiger partial charge >= 0.3 is 5.97 Å². The molecule has 0 saturated carbocycles. The molecule has 0 aliphatic heterocycles. The lowest BCUT2D eigenvalue weighted by Gasteiger charge is -2.08. The van der Waals surface area contributed by atoms with E-state index in [4.69, 9.17) is 4.74 Å². The van der Waals surface area contributed by atoms with Crippen molar-refractivity contribution in [2.24, 2.45) is 0 Å². The first-order valence-electron chi connectivity index (χ1n) is 5.04. The molecule has 0 radical (unpaired) electrons. The van der Waals surface area contributed by atoms with E-state index in [2.05, 4.69) is 6.58 Å². The van der Waals surface area contributed by atoms with Crippen molar-refractivity contribution < 1.29 is 9.53 Å². The molecule has 0 unspecified atom stereocenters. The second-order valence-corrected chi connectivity index (χ2v) is 3.65. The first-order chi connectivity index (χ1) is 7.13. The van der Waals surface area contributed by atoms with Crippen molar-refractivity contribution in [3.05, 3.63) is 48.0 Å². The summed E-state index contributed by atoms with van der Waals surface area (Å²) in [6.45, 7) is 7.34. The maximum atomic E-state index is 11.6. The van der Waals surface area contributed by atoms with Crippen LogP contribution in [0, 0.1) is 0 Å². The van der Waals surface area contributed by atoms with Gasteiger partial charge in [-0.15, -0.1) is 6.58 Å². The van der Waals surface area contributed by atoms with Crippen molar-refractivity contribution in [1.29, 1.82) is 0 Å². The van der Waals surface area contributed by atoms with E-state index in [1.54, 1.807) is 6.07 Å². The number of rotatable bonds is 4. The first-order valence-corrected chi connectivity index (χ1v) is 5.04. The number of hydrogen-bond donors (Lipinski definition) is 0. The summed E-state index contributed by atoms with van der Waals surface area (Å²) in [6.07, 6.45) is 2.50. The van der Waals surface area contributed by atoms with Crippen molar-refractivity contribution in [1.82, 2.24) is 0 Å². The third-order valence-electron chi connectivity index (χ3n) is 1.89. The molecule has 0 spiro atoms. The Labute approximate surface area is 90.6 Å². The summed E-state index contributed by atoms with van der Waals surface area (Å²) in [7, 11) is 0. The van der Waals surface area contributed by atoms with Crippen LogP contribution >= 0.6 is 0 Å². The summed E-state index contributed by atoms with van der Waals surface area (Å²) in [5, 5.41) is 0. The summed E-state index contributed by atoms with van der Waals surface area (Å²) in [5.41, 5.74) is 1.67. The van der Waals surface area contributed by atoms with Gasteiger partial charge in [-0.25, -0.2) is 4.79 Å². The zero-order chi connectivity index (χ0) is 11.3. The molecule has 80 valence electrons. The minimum Gasteiger partial charge on any atom is -0.459 e. The summed E-state index contributed by atoms with van der Waals surface area (Å²) in [5.74, 6) is -0.268. The molecule has 0 aliphatic carbocycles. The summed E-state index contributed by atoms with van der Waals surface area (Å²) >= 11 is 0. The molecular formula is C13H16O2. The Morgan fingerprint density at radius 3 is 2.87 bits per heavy atom. The molecule has 0 aromatic heterocycles. The summed E-state index contributed by atoms with van der Waals surface area (Å²) in [6, 6.07) is 7.42. The molecule has 0 heterocycles. The second kappa shape index (κ2) is 5.35. The normalized spacial score (nSPS) is 10.1. The summed E-state index contributed by atoms with van der Waals surface area (Å²) in [4.78, 5) is 11.6. The quantitative estimate of drug-likeness (QED) is 0.556. The molecule has 0 atom stereocenters. The Balaban J connectivity index is 2.80. The molecule has 1 aromatic rings. The van der Waals surface area contributed by atoms with Crippen molar-refractivity contribution in [2.75, 3.05) is 0 Å². The van der Waals surface area contributed by atoms with E-state index < -0.39 is 0 Å². The van der Waals surface area contributed by atoms with Crippen molar-refractivity contribution in [3.63, 3.8) is 0 Å². The molecule has 1 aromatic carbocycles. The van der Waals surface area contributed by atoms with Crippen LogP contribution in [0.25, 0.3) is 0 Å². The van der Waals surface area contributed by atoms with Gasteiger partial charge in [0.15, 0.2) is 0 Å². The Morgan fingerprint density at radius 2 is 2.27 bits per heavy atom. The number of esters is 1. The van der Waals surface area contributed by atoms with Gasteiger partial charge in [-0.05, 0) is 38.0 Å². The van der Waals surface area contributed by atoms with Gasteiger partial charge in [-0.1, -0.05) is 18.2 Å². The molecule has 0 saturated heterocycles. The summed E-state index contributed by atoms with van der Waals surface area (Å²) < 4.78 is 5.10. The smallest absolute Gasteiger partial charge is 0.338 e. The first kappa shape index (κ1) is 11.5. The number of ether oxygens (including phenoxy) is 1. The van der Waals surface area contributed by atoms with Crippen molar-refractivity contribution in [2.45, 2.75) is 26.4 Å². The number of carbonyl (C=O) groups excluding carboxylic acids is 1. The number of carbonyl (C=O) groups is 1. The van der Waals surface area contributed by atoms with E-state index in [0.29, 0.717) is 5.56 Å². The fourth-order valence-corrected chi connectivity index (χ4v) is 1.27. The second-order valence-electron chi connectivity index (χ2n) is 3.65. The zero-order valence-electron chi connectivity index (χ0n) is 9.19. The van der Waals surface area contributed by atoms with Crippen molar-refractivity contribution in [3.8, 4) is 0 Å². The van der Waals surface area contributed by atoms with Crippen LogP contribution in [0.2, 0.25) is 0 Å². The molecule has 2 heteroatoms. The average Bonchev–Trinajstić information content (AvgIpc) is 2.17. The Kier molecular flexibility index (Phi) is 4.10. The van der Waals surface area contributed by atoms with Crippen LogP contribution < -0.4 is 0 Å². The lowest BCUT2D eigenvalue weighted by molar-refractivity contribution is 0.0378. The topological polar surface area (TPSA) is 26.3 Å². The van der Waals surface area contributed by atoms with Gasteiger partial charge in [-0.3, -0.25) is 0 Å². The molecule has 0 bridgehead atoms. The molecule has 0 N–H and O–H groups in total. The largest absolute Gasteiger partial charge is 0.459 e. The van der Waals surface area contributed by atoms with E-state index >= 15 is 0 Å². The number of hydrogen-bond acceptors (Lipinski definition) is 2. The van der Waals surface area contributed by atoms with Gasteiger partial charge < -0.3 is 4.74 Å². The van der Waals surface area contributed by atoms with Crippen LogP contribution in [0.1, 0.15) is 29.8 Å². The van der Waals surface area contributed by atoms with Gasteiger partial charge in [0.05, 0.1) is 11.7 Å². The lowest BCUT2D eigenvalue weighted by Crippen LogP contribution is -2.11. The molecule has 15 heavy (non-hydrogen) atoms. The Hall–Kier alpha value is -1.57. The van der Waals surface area contributed by atoms with Gasteiger partial charge in [0.25, 0.3) is 0 Å². The maximum Gasteiger partial charge on any atom is 0.338 e. The molecule has 1 rings (SSSR count). The maximum absolute atomic E-state index is 11.6. The fourth-order valence-electron chi connectivity index (χ4n) is 1.27. The number of benzene rings is 1. The highest BCUT2D eigenvalue weighted by Crippen LogP contribution is 2.08. The third-order valence-corrected chi connectivity index (χ3v) is 1.89. The predicted molar refractivity (Wildman–Crippen MR) is 60.9 cm³/mol. The molecule has 2 nitrogen and oxygen atoms in total. The molecule has 0 aliphatic rings. The van der Waals surface area contributed by atoms with Crippen LogP contribution in [0.3, 0.4) is 0 Å². The van der Waals surface area contributed by atoms with Gasteiger partial charge in [0.1, 0.15) is 0 Å². The highest BCUT2D eigenvalue weighted by molar-refractivity contribution is 5.89. The monoisotopic (exact) mass is 204 g/mol. The van der Waals surface area contributed by atoms with E-state index in [-0.39, 0.29) is 12.1 Å². The van der Waals surface area contributed by atoms with Gasteiger partial charge in [0, 0.05) is 0 Å². The number of allylic oxidation sites excluding steroid dienone is 1. The van der Waals surface area contributed by atoms with E-state index in [1.165, 1.54) is 0 Å². The van der Waals surface area contributed by atoms with Crippen LogP contribution in [-0.2, 0) is 11.2 Å². The van der Waals surface area contributed by atoms with E-state index in [1.807, 2.05) is 38.1 Å². The van der Waals surface area contributed by atoms with Gasteiger partial charge in [-0.2, -0.15) is 0 Å². The van der Waals surface area contributed by atoms with Crippen LogP contribution in [0.15, 0.2) is 36.9 Å². The standard InChI is InChI=1S/C13H16O2/c1-4-6-11-7-5-8-12(9-11)13(14)15-10(2)3/h4-5,7-10H,1,6H2,2-3H3. The van der Waals surface area contributed by atoms with Crippen molar-refractivity contribution >= 4 is 5.97 Å². The van der Waals surface area contributed by atoms with E-state index in [9.17, 15) is 4.79 Å². The van der Waals surface area contributed by atoms with Crippen LogP contribution in [0.5, 0.6) is 0 Å². The molecule has 0 amide bonds. The third kappa shape index (κ3) is 3.58. The van der Waals surface area contributed by atoms with Crippen LogP contribution in [0.4, 0.5) is 0 Å². The Bertz CT molecular complexity index is 353. The Morgan fingerprint density at radius 1 is 1.53 bits per heavy atom. The highest BCUT2D eigenvalue weighted by Gasteiger charge is 2.08. The minimum atomic E-state index is -0.268. The zero-order valence-corrected chi connectivity index (χ0v) is 9.19. The highest BCUT2D eigenvalue weighted by atomic mass is 16.5. The molecular weight excluding hydrogens is 188 g/mol. The fraction of sp³-hybridized carbons (Fsp3) is 0.308. The van der Waals surface area contributed by atoms with E-state index in [0.717, 1.165) is 12.0 Å². The lowest BCUT2D eigenvalue weighted by atomic mass is 10.1. The van der Waals surface area contributed by atoms with Gasteiger partial charge in [0.2, 0.25) is 0 Å².